The number of hydrogen-bond acceptors (Lipinski definition) is 4. The summed E-state index contributed by atoms with van der Waals surface area (Å²) in [6.07, 6.45) is 0.842. The SMILES string of the molecule is COCCCOc1cc(C)ccc1CN=C(N)Nc1ccc(OC)cc1. The van der Waals surface area contributed by atoms with E-state index in [2.05, 4.69) is 10.3 Å². The number of nitrogens with one attached hydrogen (secondary N) is 1. The Morgan fingerprint density at radius 1 is 1.08 bits per heavy atom. The monoisotopic (exact) mass is 357 g/mol. The molecule has 2 aromatic carbocycles. The lowest BCUT2D eigenvalue weighted by Gasteiger charge is -2.12. The van der Waals surface area contributed by atoms with Crippen molar-refractivity contribution in [2.75, 3.05) is 32.8 Å². The molecule has 0 aliphatic heterocycles. The lowest BCUT2D eigenvalue weighted by Crippen LogP contribution is -2.22. The number of nitrogens with two attached hydrogens (primary N) is 1. The molecule has 0 saturated carbocycles. The van der Waals surface area contributed by atoms with E-state index < -0.39 is 0 Å². The van der Waals surface area contributed by atoms with Gasteiger partial charge in [0.1, 0.15) is 11.5 Å². The zero-order chi connectivity index (χ0) is 18.8. The fourth-order valence-corrected chi connectivity index (χ4v) is 2.34. The molecule has 2 rings (SSSR count). The van der Waals surface area contributed by atoms with Crippen LogP contribution >= 0.6 is 0 Å². The van der Waals surface area contributed by atoms with Gasteiger partial charge in [-0.1, -0.05) is 12.1 Å². The van der Waals surface area contributed by atoms with Crippen LogP contribution in [0.25, 0.3) is 0 Å². The number of rotatable bonds is 9. The fourth-order valence-electron chi connectivity index (χ4n) is 2.34. The van der Waals surface area contributed by atoms with Crippen molar-refractivity contribution in [1.29, 1.82) is 0 Å². The van der Waals surface area contributed by atoms with Gasteiger partial charge >= 0.3 is 0 Å². The Kier molecular flexibility index (Phi) is 7.76. The van der Waals surface area contributed by atoms with Gasteiger partial charge < -0.3 is 25.3 Å². The zero-order valence-electron chi connectivity index (χ0n) is 15.6. The second-order valence-electron chi connectivity index (χ2n) is 5.86. The topological polar surface area (TPSA) is 78.1 Å². The number of benzene rings is 2. The third kappa shape index (κ3) is 6.29. The first kappa shape index (κ1) is 19.6. The van der Waals surface area contributed by atoms with E-state index in [0.717, 1.165) is 34.7 Å². The van der Waals surface area contributed by atoms with Crippen molar-refractivity contribution in [1.82, 2.24) is 0 Å². The van der Waals surface area contributed by atoms with Crippen molar-refractivity contribution >= 4 is 11.6 Å². The van der Waals surface area contributed by atoms with Crippen LogP contribution in [0.3, 0.4) is 0 Å². The van der Waals surface area contributed by atoms with Crippen LogP contribution in [0.1, 0.15) is 17.5 Å². The van der Waals surface area contributed by atoms with Crippen molar-refractivity contribution in [3.05, 3.63) is 53.6 Å². The minimum atomic E-state index is 0.348. The van der Waals surface area contributed by atoms with Crippen LogP contribution in [0.2, 0.25) is 0 Å². The van der Waals surface area contributed by atoms with Crippen LogP contribution in [-0.2, 0) is 11.3 Å². The van der Waals surface area contributed by atoms with E-state index in [4.69, 9.17) is 19.9 Å². The predicted molar refractivity (Wildman–Crippen MR) is 105 cm³/mol. The molecule has 0 aliphatic rings. The van der Waals surface area contributed by atoms with E-state index in [1.54, 1.807) is 14.2 Å². The average Bonchev–Trinajstić information content (AvgIpc) is 2.65. The number of anilines is 1. The average molecular weight is 357 g/mol. The Hall–Kier alpha value is -2.73. The molecule has 0 aliphatic carbocycles. The molecule has 26 heavy (non-hydrogen) atoms. The van der Waals surface area contributed by atoms with Crippen molar-refractivity contribution < 1.29 is 14.2 Å². The van der Waals surface area contributed by atoms with Crippen LogP contribution in [0.15, 0.2) is 47.5 Å². The lowest BCUT2D eigenvalue weighted by molar-refractivity contribution is 0.172. The summed E-state index contributed by atoms with van der Waals surface area (Å²) in [5.41, 5.74) is 8.98. The Balaban J connectivity index is 1.98. The third-order valence-corrected chi connectivity index (χ3v) is 3.76. The Labute approximate surface area is 155 Å². The van der Waals surface area contributed by atoms with Gasteiger partial charge in [-0.05, 0) is 42.8 Å². The summed E-state index contributed by atoms with van der Waals surface area (Å²) in [4.78, 5) is 4.41. The van der Waals surface area contributed by atoms with Crippen molar-refractivity contribution in [3.63, 3.8) is 0 Å². The molecule has 0 aromatic heterocycles. The summed E-state index contributed by atoms with van der Waals surface area (Å²) in [5, 5.41) is 3.07. The summed E-state index contributed by atoms with van der Waals surface area (Å²) < 4.78 is 16.1. The van der Waals surface area contributed by atoms with Gasteiger partial charge in [-0.15, -0.1) is 0 Å². The zero-order valence-corrected chi connectivity index (χ0v) is 15.6. The van der Waals surface area contributed by atoms with Crippen LogP contribution < -0.4 is 20.5 Å². The maximum absolute atomic E-state index is 5.99. The number of aliphatic imine (C=N–C) groups is 1. The highest BCUT2D eigenvalue weighted by atomic mass is 16.5. The molecule has 3 N–H and O–H groups in total. The van der Waals surface area contributed by atoms with E-state index in [0.29, 0.717) is 25.7 Å². The number of aryl methyl sites for hydroxylation is 1. The van der Waals surface area contributed by atoms with Gasteiger partial charge in [0.2, 0.25) is 0 Å². The first-order valence-electron chi connectivity index (χ1n) is 8.54. The van der Waals surface area contributed by atoms with Gasteiger partial charge in [-0.2, -0.15) is 0 Å². The lowest BCUT2D eigenvalue weighted by atomic mass is 10.1. The molecule has 0 spiro atoms. The van der Waals surface area contributed by atoms with E-state index in [-0.39, 0.29) is 0 Å². The van der Waals surface area contributed by atoms with Gasteiger partial charge in [-0.3, -0.25) is 0 Å². The molecule has 0 radical (unpaired) electrons. The van der Waals surface area contributed by atoms with Gasteiger partial charge in [0.25, 0.3) is 0 Å². The summed E-state index contributed by atoms with van der Waals surface area (Å²) in [7, 11) is 3.32. The standard InChI is InChI=1S/C20H27N3O3/c1-15-5-6-16(19(13-15)26-12-4-11-24-2)14-22-20(21)23-17-7-9-18(25-3)10-8-17/h5-10,13H,4,11-12,14H2,1-3H3,(H3,21,22,23). The predicted octanol–water partition coefficient (Wildman–Crippen LogP) is 3.35. The van der Waals surface area contributed by atoms with E-state index in [1.807, 2.05) is 49.4 Å². The van der Waals surface area contributed by atoms with Crippen LogP contribution in [0.5, 0.6) is 11.5 Å². The Bertz CT molecular complexity index is 715. The number of methoxy groups -OCH3 is 2. The third-order valence-electron chi connectivity index (χ3n) is 3.76. The Morgan fingerprint density at radius 3 is 2.54 bits per heavy atom. The summed E-state index contributed by atoms with van der Waals surface area (Å²) in [5.74, 6) is 1.98. The summed E-state index contributed by atoms with van der Waals surface area (Å²) in [6, 6.07) is 13.6. The molecular formula is C20H27N3O3. The second-order valence-corrected chi connectivity index (χ2v) is 5.86. The maximum atomic E-state index is 5.99. The van der Waals surface area contributed by atoms with Crippen molar-refractivity contribution in [2.45, 2.75) is 19.9 Å². The van der Waals surface area contributed by atoms with Gasteiger partial charge in [0, 0.05) is 31.4 Å². The van der Waals surface area contributed by atoms with Crippen molar-refractivity contribution in [3.8, 4) is 11.5 Å². The van der Waals surface area contributed by atoms with E-state index in [1.165, 1.54) is 0 Å². The summed E-state index contributed by atoms with van der Waals surface area (Å²) >= 11 is 0. The molecule has 2 aromatic rings. The number of hydrogen-bond donors (Lipinski definition) is 2. The minimum Gasteiger partial charge on any atom is -0.497 e. The first-order chi connectivity index (χ1) is 12.6. The smallest absolute Gasteiger partial charge is 0.193 e. The van der Waals surface area contributed by atoms with E-state index >= 15 is 0 Å². The number of nitrogens with zero attached hydrogens (tertiary/aromatic N) is 1. The highest BCUT2D eigenvalue weighted by molar-refractivity contribution is 5.92. The maximum Gasteiger partial charge on any atom is 0.193 e. The molecule has 140 valence electrons. The molecule has 0 bridgehead atoms. The first-order valence-corrected chi connectivity index (χ1v) is 8.54. The molecular weight excluding hydrogens is 330 g/mol. The van der Waals surface area contributed by atoms with Crippen LogP contribution in [-0.4, -0.2) is 33.4 Å². The molecule has 6 nitrogen and oxygen atoms in total. The molecule has 0 fully saturated rings. The molecule has 6 heteroatoms. The van der Waals surface area contributed by atoms with Gasteiger partial charge in [-0.25, -0.2) is 4.99 Å². The van der Waals surface area contributed by atoms with Crippen LogP contribution in [0.4, 0.5) is 5.69 Å². The van der Waals surface area contributed by atoms with Crippen molar-refractivity contribution in [2.24, 2.45) is 10.7 Å². The molecule has 0 unspecified atom stereocenters. The quantitative estimate of drug-likeness (QED) is 0.409. The Morgan fingerprint density at radius 2 is 1.85 bits per heavy atom. The summed E-state index contributed by atoms with van der Waals surface area (Å²) in [6.45, 7) is 3.76. The molecule has 0 atom stereocenters. The number of guanidine groups is 1. The van der Waals surface area contributed by atoms with Gasteiger partial charge in [0.15, 0.2) is 5.96 Å². The fraction of sp³-hybridized carbons (Fsp3) is 0.350. The normalized spacial score (nSPS) is 11.3. The molecule has 0 saturated heterocycles. The van der Waals surface area contributed by atoms with E-state index in [9.17, 15) is 0 Å². The van der Waals surface area contributed by atoms with Crippen LogP contribution in [0, 0.1) is 6.92 Å². The van der Waals surface area contributed by atoms with Gasteiger partial charge in [0.05, 0.1) is 20.3 Å². The largest absolute Gasteiger partial charge is 0.497 e. The highest BCUT2D eigenvalue weighted by Crippen LogP contribution is 2.22. The molecule has 0 amide bonds. The number of ether oxygens (including phenoxy) is 3. The second kappa shape index (κ2) is 10.3. The minimum absolute atomic E-state index is 0.348. The highest BCUT2D eigenvalue weighted by Gasteiger charge is 2.05. The molecule has 0 heterocycles.